The maximum absolute atomic E-state index is 11.9. The first-order valence-corrected chi connectivity index (χ1v) is 6.41. The highest BCUT2D eigenvalue weighted by atomic mass is 16.5. The number of hydrogen-bond acceptors (Lipinski definition) is 4. The molecule has 1 amide bonds. The van der Waals surface area contributed by atoms with Crippen LogP contribution in [0.25, 0.3) is 0 Å². The molecule has 5 nitrogen and oxygen atoms in total. The summed E-state index contributed by atoms with van der Waals surface area (Å²) in [5.74, 6) is -0.556. The Labute approximate surface area is 122 Å². The molecule has 0 spiro atoms. The van der Waals surface area contributed by atoms with E-state index >= 15 is 0 Å². The number of nitrogens with two attached hydrogens (primary N) is 1. The van der Waals surface area contributed by atoms with Gasteiger partial charge in [0.05, 0.1) is 19.1 Å². The second kappa shape index (κ2) is 6.56. The Balaban J connectivity index is 1.98. The Morgan fingerprint density at radius 1 is 1.14 bits per heavy atom. The summed E-state index contributed by atoms with van der Waals surface area (Å²) in [5, 5.41) is 2.76. The van der Waals surface area contributed by atoms with Gasteiger partial charge in [0.2, 0.25) is 5.91 Å². The molecule has 2 aromatic carbocycles. The molecule has 2 aromatic rings. The average Bonchev–Trinajstić information content (AvgIpc) is 2.47. The lowest BCUT2D eigenvalue weighted by Gasteiger charge is -2.06. The lowest BCUT2D eigenvalue weighted by molar-refractivity contribution is -0.115. The van der Waals surface area contributed by atoms with E-state index in [1.165, 1.54) is 7.11 Å². The van der Waals surface area contributed by atoms with Gasteiger partial charge in [0.1, 0.15) is 0 Å². The quantitative estimate of drug-likeness (QED) is 0.666. The molecule has 0 fully saturated rings. The Kier molecular flexibility index (Phi) is 4.56. The van der Waals surface area contributed by atoms with Crippen LogP contribution in [0.1, 0.15) is 15.9 Å². The first-order chi connectivity index (χ1) is 10.1. The van der Waals surface area contributed by atoms with Gasteiger partial charge in [0.25, 0.3) is 0 Å². The van der Waals surface area contributed by atoms with E-state index in [2.05, 4.69) is 10.1 Å². The van der Waals surface area contributed by atoms with Crippen molar-refractivity contribution < 1.29 is 14.3 Å². The number of nitrogen functional groups attached to an aromatic ring is 1. The molecular weight excluding hydrogens is 268 g/mol. The van der Waals surface area contributed by atoms with E-state index in [0.717, 1.165) is 5.56 Å². The lowest BCUT2D eigenvalue weighted by Crippen LogP contribution is -2.14. The number of rotatable bonds is 4. The molecule has 0 atom stereocenters. The Morgan fingerprint density at radius 2 is 1.86 bits per heavy atom. The van der Waals surface area contributed by atoms with Crippen LogP contribution in [0.3, 0.4) is 0 Å². The number of carbonyl (C=O) groups is 2. The van der Waals surface area contributed by atoms with Crippen molar-refractivity contribution >= 4 is 23.3 Å². The van der Waals surface area contributed by atoms with Gasteiger partial charge in [-0.15, -0.1) is 0 Å². The molecule has 0 aromatic heterocycles. The monoisotopic (exact) mass is 284 g/mol. The van der Waals surface area contributed by atoms with Crippen LogP contribution in [-0.2, 0) is 16.0 Å². The average molecular weight is 284 g/mol. The third-order valence-electron chi connectivity index (χ3n) is 2.91. The Hall–Kier alpha value is -2.82. The smallest absolute Gasteiger partial charge is 0.337 e. The van der Waals surface area contributed by atoms with Gasteiger partial charge in [-0.3, -0.25) is 4.79 Å². The van der Waals surface area contributed by atoms with Crippen molar-refractivity contribution in [3.05, 3.63) is 59.7 Å². The minimum Gasteiger partial charge on any atom is -0.465 e. The van der Waals surface area contributed by atoms with Crippen molar-refractivity contribution in [3.63, 3.8) is 0 Å². The Morgan fingerprint density at radius 3 is 2.48 bits per heavy atom. The highest BCUT2D eigenvalue weighted by Gasteiger charge is 2.07. The minimum atomic E-state index is -0.410. The van der Waals surface area contributed by atoms with Crippen LogP contribution < -0.4 is 11.1 Å². The van der Waals surface area contributed by atoms with Crippen molar-refractivity contribution in [2.75, 3.05) is 18.2 Å². The predicted octanol–water partition coefficient (Wildman–Crippen LogP) is 2.24. The van der Waals surface area contributed by atoms with Crippen LogP contribution in [0.4, 0.5) is 11.4 Å². The normalized spacial score (nSPS) is 9.95. The molecule has 0 unspecified atom stereocenters. The zero-order valence-corrected chi connectivity index (χ0v) is 11.6. The van der Waals surface area contributed by atoms with Crippen molar-refractivity contribution in [3.8, 4) is 0 Å². The summed E-state index contributed by atoms with van der Waals surface area (Å²) < 4.78 is 4.61. The van der Waals surface area contributed by atoms with Crippen molar-refractivity contribution in [1.82, 2.24) is 0 Å². The van der Waals surface area contributed by atoms with Crippen LogP contribution in [0.5, 0.6) is 0 Å². The number of nitrogens with one attached hydrogen (secondary N) is 1. The first-order valence-electron chi connectivity index (χ1n) is 6.41. The standard InChI is InChI=1S/C16H16N2O3/c1-21-16(20)12-5-7-14(8-6-12)18-15(19)10-11-3-2-4-13(17)9-11/h2-9H,10,17H2,1H3,(H,18,19). The van der Waals surface area contributed by atoms with Crippen LogP contribution in [0.2, 0.25) is 0 Å². The summed E-state index contributed by atoms with van der Waals surface area (Å²) in [6, 6.07) is 13.7. The number of benzene rings is 2. The van der Waals surface area contributed by atoms with E-state index in [9.17, 15) is 9.59 Å². The van der Waals surface area contributed by atoms with Crippen LogP contribution in [-0.4, -0.2) is 19.0 Å². The largest absolute Gasteiger partial charge is 0.465 e. The zero-order valence-electron chi connectivity index (χ0n) is 11.6. The molecule has 0 saturated heterocycles. The summed E-state index contributed by atoms with van der Waals surface area (Å²) in [6.07, 6.45) is 0.240. The molecule has 0 radical (unpaired) electrons. The summed E-state index contributed by atoms with van der Waals surface area (Å²) in [7, 11) is 1.32. The summed E-state index contributed by atoms with van der Waals surface area (Å²) in [6.45, 7) is 0. The molecule has 0 saturated carbocycles. The van der Waals surface area contributed by atoms with E-state index in [-0.39, 0.29) is 12.3 Å². The van der Waals surface area contributed by atoms with E-state index < -0.39 is 5.97 Å². The molecule has 0 bridgehead atoms. The van der Waals surface area contributed by atoms with Gasteiger partial charge in [-0.25, -0.2) is 4.79 Å². The fourth-order valence-corrected chi connectivity index (χ4v) is 1.90. The van der Waals surface area contributed by atoms with Crippen LogP contribution in [0, 0.1) is 0 Å². The minimum absolute atomic E-state index is 0.147. The highest BCUT2D eigenvalue weighted by molar-refractivity contribution is 5.94. The van der Waals surface area contributed by atoms with E-state index in [4.69, 9.17) is 5.73 Å². The predicted molar refractivity (Wildman–Crippen MR) is 81.0 cm³/mol. The molecule has 108 valence electrons. The fraction of sp³-hybridized carbons (Fsp3) is 0.125. The zero-order chi connectivity index (χ0) is 15.2. The van der Waals surface area contributed by atoms with Gasteiger partial charge in [0, 0.05) is 11.4 Å². The third kappa shape index (κ3) is 4.07. The molecular formula is C16H16N2O3. The lowest BCUT2D eigenvalue weighted by atomic mass is 10.1. The van der Waals surface area contributed by atoms with E-state index in [0.29, 0.717) is 16.9 Å². The first kappa shape index (κ1) is 14.6. The number of hydrogen-bond donors (Lipinski definition) is 2. The van der Waals surface area contributed by atoms with Crippen LogP contribution >= 0.6 is 0 Å². The molecule has 5 heteroatoms. The van der Waals surface area contributed by atoms with Crippen molar-refractivity contribution in [2.45, 2.75) is 6.42 Å². The van der Waals surface area contributed by atoms with Gasteiger partial charge in [-0.1, -0.05) is 12.1 Å². The van der Waals surface area contributed by atoms with Crippen molar-refractivity contribution in [2.24, 2.45) is 0 Å². The molecule has 0 heterocycles. The van der Waals surface area contributed by atoms with Crippen LogP contribution in [0.15, 0.2) is 48.5 Å². The maximum atomic E-state index is 11.9. The highest BCUT2D eigenvalue weighted by Crippen LogP contribution is 2.12. The van der Waals surface area contributed by atoms with Gasteiger partial charge < -0.3 is 15.8 Å². The van der Waals surface area contributed by atoms with Gasteiger partial charge in [-0.05, 0) is 42.0 Å². The maximum Gasteiger partial charge on any atom is 0.337 e. The van der Waals surface area contributed by atoms with E-state index in [1.54, 1.807) is 36.4 Å². The fourth-order valence-electron chi connectivity index (χ4n) is 1.90. The summed E-state index contributed by atoms with van der Waals surface area (Å²) in [5.41, 5.74) is 8.20. The summed E-state index contributed by atoms with van der Waals surface area (Å²) in [4.78, 5) is 23.2. The number of anilines is 2. The van der Waals surface area contributed by atoms with Gasteiger partial charge >= 0.3 is 5.97 Å². The number of carbonyl (C=O) groups excluding carboxylic acids is 2. The number of ether oxygens (including phenoxy) is 1. The summed E-state index contributed by atoms with van der Waals surface area (Å²) >= 11 is 0. The molecule has 0 aliphatic rings. The second-order valence-electron chi connectivity index (χ2n) is 4.54. The van der Waals surface area contributed by atoms with E-state index in [1.807, 2.05) is 12.1 Å². The number of methoxy groups -OCH3 is 1. The van der Waals surface area contributed by atoms with Gasteiger partial charge in [-0.2, -0.15) is 0 Å². The molecule has 2 rings (SSSR count). The van der Waals surface area contributed by atoms with Crippen molar-refractivity contribution in [1.29, 1.82) is 0 Å². The molecule has 21 heavy (non-hydrogen) atoms. The topological polar surface area (TPSA) is 81.4 Å². The molecule has 0 aliphatic carbocycles. The van der Waals surface area contributed by atoms with Gasteiger partial charge in [0.15, 0.2) is 0 Å². The third-order valence-corrected chi connectivity index (χ3v) is 2.91. The molecule has 3 N–H and O–H groups in total. The number of esters is 1. The Bertz CT molecular complexity index is 651. The number of amides is 1. The SMILES string of the molecule is COC(=O)c1ccc(NC(=O)Cc2cccc(N)c2)cc1. The molecule has 0 aliphatic heterocycles. The second-order valence-corrected chi connectivity index (χ2v) is 4.54.